The lowest BCUT2D eigenvalue weighted by Gasteiger charge is -2.08. The van der Waals surface area contributed by atoms with Crippen molar-refractivity contribution in [1.29, 1.82) is 0 Å². The Kier molecular flexibility index (Phi) is 4.41. The zero-order valence-corrected chi connectivity index (χ0v) is 11.3. The number of rotatable bonds is 5. The molecule has 3 heteroatoms. The quantitative estimate of drug-likeness (QED) is 0.638. The molecule has 1 aliphatic rings. The third-order valence-electron chi connectivity index (χ3n) is 3.07. The molecular formula is C13H15Cl3. The fraction of sp³-hybridized carbons (Fsp3) is 0.538. The number of hydrogen-bond donors (Lipinski definition) is 0. The molecule has 1 aromatic rings. The van der Waals surface area contributed by atoms with Crippen LogP contribution in [0.1, 0.15) is 31.2 Å². The van der Waals surface area contributed by atoms with Gasteiger partial charge in [-0.25, -0.2) is 0 Å². The zero-order chi connectivity index (χ0) is 11.5. The second-order valence-electron chi connectivity index (χ2n) is 4.48. The molecule has 0 amide bonds. The zero-order valence-electron chi connectivity index (χ0n) is 9.06. The molecule has 0 saturated heterocycles. The van der Waals surface area contributed by atoms with Gasteiger partial charge in [0, 0.05) is 15.4 Å². The summed E-state index contributed by atoms with van der Waals surface area (Å²) < 4.78 is 0. The average molecular weight is 278 g/mol. The molecule has 0 bridgehead atoms. The highest BCUT2D eigenvalue weighted by molar-refractivity contribution is 6.35. The summed E-state index contributed by atoms with van der Waals surface area (Å²) in [6.45, 7) is 0. The second-order valence-corrected chi connectivity index (χ2v) is 5.89. The van der Waals surface area contributed by atoms with Crippen molar-refractivity contribution in [2.75, 3.05) is 0 Å². The minimum absolute atomic E-state index is 0.367. The van der Waals surface area contributed by atoms with Gasteiger partial charge in [0.05, 0.1) is 0 Å². The molecule has 0 nitrogen and oxygen atoms in total. The van der Waals surface area contributed by atoms with Crippen LogP contribution in [0.4, 0.5) is 0 Å². The van der Waals surface area contributed by atoms with Crippen molar-refractivity contribution in [3.05, 3.63) is 33.8 Å². The van der Waals surface area contributed by atoms with Crippen LogP contribution in [0.2, 0.25) is 10.0 Å². The SMILES string of the molecule is Clc1ccc(CCCC(Cl)C2CC2)c(Cl)c1. The summed E-state index contributed by atoms with van der Waals surface area (Å²) in [4.78, 5) is 0. The van der Waals surface area contributed by atoms with Crippen molar-refractivity contribution in [2.24, 2.45) is 5.92 Å². The molecule has 1 aliphatic carbocycles. The lowest BCUT2D eigenvalue weighted by molar-refractivity contribution is 0.637. The van der Waals surface area contributed by atoms with Gasteiger partial charge in [0.25, 0.3) is 0 Å². The Bertz CT molecular complexity index is 358. The largest absolute Gasteiger partial charge is 0.123 e. The van der Waals surface area contributed by atoms with Gasteiger partial charge in [-0.1, -0.05) is 29.3 Å². The minimum Gasteiger partial charge on any atom is -0.123 e. The molecular weight excluding hydrogens is 263 g/mol. The van der Waals surface area contributed by atoms with Crippen molar-refractivity contribution < 1.29 is 0 Å². The highest BCUT2D eigenvalue weighted by Gasteiger charge is 2.28. The van der Waals surface area contributed by atoms with Crippen molar-refractivity contribution in [3.8, 4) is 0 Å². The molecule has 1 atom stereocenters. The van der Waals surface area contributed by atoms with Crippen LogP contribution in [0.5, 0.6) is 0 Å². The second kappa shape index (κ2) is 5.62. The maximum Gasteiger partial charge on any atom is 0.0452 e. The van der Waals surface area contributed by atoms with Gasteiger partial charge >= 0.3 is 0 Å². The minimum atomic E-state index is 0.367. The van der Waals surface area contributed by atoms with Crippen molar-refractivity contribution in [2.45, 2.75) is 37.5 Å². The fourth-order valence-corrected chi connectivity index (χ4v) is 2.81. The summed E-state index contributed by atoms with van der Waals surface area (Å²) in [7, 11) is 0. The summed E-state index contributed by atoms with van der Waals surface area (Å²) in [5, 5.41) is 1.83. The molecule has 16 heavy (non-hydrogen) atoms. The Balaban J connectivity index is 1.80. The molecule has 0 spiro atoms. The van der Waals surface area contributed by atoms with Crippen molar-refractivity contribution in [1.82, 2.24) is 0 Å². The number of halogens is 3. The summed E-state index contributed by atoms with van der Waals surface area (Å²) in [5.41, 5.74) is 1.17. The summed E-state index contributed by atoms with van der Waals surface area (Å²) in [6, 6.07) is 5.70. The highest BCUT2D eigenvalue weighted by atomic mass is 35.5. The molecule has 2 rings (SSSR count). The van der Waals surface area contributed by atoms with Crippen LogP contribution >= 0.6 is 34.8 Å². The third kappa shape index (κ3) is 3.55. The van der Waals surface area contributed by atoms with E-state index >= 15 is 0 Å². The normalized spacial score (nSPS) is 17.4. The van der Waals surface area contributed by atoms with Crippen LogP contribution in [-0.2, 0) is 6.42 Å². The molecule has 1 aromatic carbocycles. The Morgan fingerprint density at radius 3 is 2.62 bits per heavy atom. The predicted octanol–water partition coefficient (Wildman–Crippen LogP) is 5.33. The Morgan fingerprint density at radius 1 is 1.25 bits per heavy atom. The van der Waals surface area contributed by atoms with E-state index in [1.54, 1.807) is 6.07 Å². The number of alkyl halides is 1. The summed E-state index contributed by atoms with van der Waals surface area (Å²) in [6.07, 6.45) is 5.81. The maximum absolute atomic E-state index is 6.26. The van der Waals surface area contributed by atoms with Crippen LogP contribution < -0.4 is 0 Å². The van der Waals surface area contributed by atoms with Crippen molar-refractivity contribution >= 4 is 34.8 Å². The number of benzene rings is 1. The van der Waals surface area contributed by atoms with Gasteiger partial charge in [-0.15, -0.1) is 11.6 Å². The van der Waals surface area contributed by atoms with E-state index in [4.69, 9.17) is 34.8 Å². The van der Waals surface area contributed by atoms with Gasteiger partial charge < -0.3 is 0 Å². The number of aryl methyl sites for hydroxylation is 1. The molecule has 0 aliphatic heterocycles. The van der Waals surface area contributed by atoms with E-state index in [0.717, 1.165) is 30.2 Å². The Hall–Kier alpha value is 0.0900. The van der Waals surface area contributed by atoms with Gasteiger partial charge in [0.15, 0.2) is 0 Å². The molecule has 0 heterocycles. The first-order valence-electron chi connectivity index (χ1n) is 5.75. The lowest BCUT2D eigenvalue weighted by atomic mass is 10.1. The molecule has 1 fully saturated rings. The first kappa shape index (κ1) is 12.5. The van der Waals surface area contributed by atoms with Crippen LogP contribution in [-0.4, -0.2) is 5.38 Å². The van der Waals surface area contributed by atoms with Crippen molar-refractivity contribution in [3.63, 3.8) is 0 Å². The number of hydrogen-bond acceptors (Lipinski definition) is 0. The van der Waals surface area contributed by atoms with Crippen LogP contribution in [0.3, 0.4) is 0 Å². The van der Waals surface area contributed by atoms with E-state index in [-0.39, 0.29) is 0 Å². The Labute approximate surface area is 112 Å². The highest BCUT2D eigenvalue weighted by Crippen LogP contribution is 2.38. The molecule has 0 aromatic heterocycles. The molecule has 1 saturated carbocycles. The van der Waals surface area contributed by atoms with E-state index in [2.05, 4.69) is 0 Å². The summed E-state index contributed by atoms with van der Waals surface area (Å²) in [5.74, 6) is 0.780. The standard InChI is InChI=1S/C13H15Cl3/c14-11-7-6-9(13(16)8-11)2-1-3-12(15)10-4-5-10/h6-8,10,12H,1-5H2. The van der Waals surface area contributed by atoms with Crippen LogP contribution in [0, 0.1) is 5.92 Å². The van der Waals surface area contributed by atoms with Gasteiger partial charge in [-0.3, -0.25) is 0 Å². The fourth-order valence-electron chi connectivity index (χ4n) is 1.91. The maximum atomic E-state index is 6.26. The topological polar surface area (TPSA) is 0 Å². The first-order valence-corrected chi connectivity index (χ1v) is 6.94. The monoisotopic (exact) mass is 276 g/mol. The lowest BCUT2D eigenvalue weighted by Crippen LogP contribution is -2.01. The first-order chi connectivity index (χ1) is 7.66. The van der Waals surface area contributed by atoms with Gasteiger partial charge in [0.2, 0.25) is 0 Å². The van der Waals surface area contributed by atoms with E-state index in [1.807, 2.05) is 12.1 Å². The van der Waals surface area contributed by atoms with Crippen LogP contribution in [0.15, 0.2) is 18.2 Å². The van der Waals surface area contributed by atoms with Gasteiger partial charge in [-0.2, -0.15) is 0 Å². The third-order valence-corrected chi connectivity index (χ3v) is 4.24. The molecule has 0 N–H and O–H groups in total. The van der Waals surface area contributed by atoms with E-state index < -0.39 is 0 Å². The smallest absolute Gasteiger partial charge is 0.0452 e. The molecule has 0 radical (unpaired) electrons. The molecule has 1 unspecified atom stereocenters. The predicted molar refractivity (Wildman–Crippen MR) is 71.8 cm³/mol. The van der Waals surface area contributed by atoms with E-state index in [1.165, 1.54) is 18.4 Å². The molecule has 88 valence electrons. The van der Waals surface area contributed by atoms with E-state index in [9.17, 15) is 0 Å². The van der Waals surface area contributed by atoms with Gasteiger partial charge in [-0.05, 0) is 55.7 Å². The van der Waals surface area contributed by atoms with Crippen LogP contribution in [0.25, 0.3) is 0 Å². The average Bonchev–Trinajstić information content (AvgIpc) is 3.04. The Morgan fingerprint density at radius 2 is 2.00 bits per heavy atom. The summed E-state index contributed by atoms with van der Waals surface area (Å²) >= 11 is 18.2. The van der Waals surface area contributed by atoms with Gasteiger partial charge in [0.1, 0.15) is 0 Å². The van der Waals surface area contributed by atoms with E-state index in [0.29, 0.717) is 10.4 Å².